The summed E-state index contributed by atoms with van der Waals surface area (Å²) in [7, 11) is 3.34. The average molecular weight is 258 g/mol. The van der Waals surface area contributed by atoms with Gasteiger partial charge in [0.1, 0.15) is 0 Å². The Morgan fingerprint density at radius 3 is 2.41 bits per heavy atom. The van der Waals surface area contributed by atoms with Crippen molar-refractivity contribution in [2.75, 3.05) is 24.7 Å². The number of guanidine groups is 1. The van der Waals surface area contributed by atoms with Crippen LogP contribution in [-0.4, -0.2) is 35.9 Å². The quantitative estimate of drug-likeness (QED) is 0.465. The third-order valence-corrected chi connectivity index (χ3v) is 1.99. The first-order valence-corrected chi connectivity index (χ1v) is 4.85. The molecular formula is C8H12ClN7O. The molecule has 0 spiro atoms. The van der Waals surface area contributed by atoms with Gasteiger partial charge in [-0.3, -0.25) is 4.79 Å². The number of nitrogens with two attached hydrogens (primary N) is 3. The van der Waals surface area contributed by atoms with Crippen molar-refractivity contribution < 1.29 is 4.79 Å². The lowest BCUT2D eigenvalue weighted by Crippen LogP contribution is -2.25. The summed E-state index contributed by atoms with van der Waals surface area (Å²) in [4.78, 5) is 24.3. The van der Waals surface area contributed by atoms with Crippen LogP contribution in [0.15, 0.2) is 4.99 Å². The summed E-state index contributed by atoms with van der Waals surface area (Å²) in [6.45, 7) is 0. The minimum Gasteiger partial charge on any atom is -0.381 e. The topological polar surface area (TPSA) is 137 Å². The van der Waals surface area contributed by atoms with Crippen molar-refractivity contribution in [3.05, 3.63) is 10.8 Å². The fraction of sp³-hybridized carbons (Fsp3) is 0.250. The van der Waals surface area contributed by atoms with Gasteiger partial charge in [0.05, 0.1) is 0 Å². The lowest BCUT2D eigenvalue weighted by molar-refractivity contribution is 0.0998. The molecule has 1 amide bonds. The van der Waals surface area contributed by atoms with E-state index in [0.717, 1.165) is 0 Å². The van der Waals surface area contributed by atoms with E-state index >= 15 is 0 Å². The Labute approximate surface area is 102 Å². The molecule has 0 unspecified atom stereocenters. The van der Waals surface area contributed by atoms with Gasteiger partial charge in [0, 0.05) is 14.1 Å². The molecule has 1 heterocycles. The number of carbonyl (C=O) groups excluding carboxylic acids is 1. The molecule has 1 aromatic rings. The predicted molar refractivity (Wildman–Crippen MR) is 65.9 cm³/mol. The number of hydrogen-bond acceptors (Lipinski definition) is 5. The van der Waals surface area contributed by atoms with Crippen molar-refractivity contribution in [3.63, 3.8) is 0 Å². The number of anilines is 2. The van der Waals surface area contributed by atoms with E-state index in [2.05, 4.69) is 15.0 Å². The second-order valence-electron chi connectivity index (χ2n) is 3.31. The van der Waals surface area contributed by atoms with Crippen LogP contribution >= 0.6 is 11.6 Å². The molecule has 0 aliphatic rings. The molecule has 1 rings (SSSR count). The first kappa shape index (κ1) is 13.0. The highest BCUT2D eigenvalue weighted by atomic mass is 35.5. The first-order chi connectivity index (χ1) is 7.82. The van der Waals surface area contributed by atoms with Gasteiger partial charge in [-0.25, -0.2) is 9.97 Å². The Hall–Kier alpha value is -2.09. The third kappa shape index (κ3) is 2.94. The molecule has 17 heavy (non-hydrogen) atoms. The van der Waals surface area contributed by atoms with Crippen LogP contribution in [0.2, 0.25) is 5.15 Å². The molecule has 9 heteroatoms. The van der Waals surface area contributed by atoms with Gasteiger partial charge < -0.3 is 22.1 Å². The second kappa shape index (κ2) is 4.83. The van der Waals surface area contributed by atoms with E-state index in [0.29, 0.717) is 0 Å². The Balaban J connectivity index is 3.36. The molecule has 0 aliphatic heterocycles. The Kier molecular flexibility index (Phi) is 3.69. The molecular weight excluding hydrogens is 246 g/mol. The number of aliphatic imine (C=N–C) groups is 1. The Morgan fingerprint density at radius 1 is 1.35 bits per heavy atom. The molecule has 1 aromatic heterocycles. The summed E-state index contributed by atoms with van der Waals surface area (Å²) >= 11 is 5.69. The number of aromatic nitrogens is 2. The fourth-order valence-corrected chi connectivity index (χ4v) is 1.17. The number of halogens is 1. The zero-order valence-electron chi connectivity index (χ0n) is 9.31. The fourth-order valence-electron chi connectivity index (χ4n) is 1.04. The van der Waals surface area contributed by atoms with E-state index in [-0.39, 0.29) is 28.4 Å². The van der Waals surface area contributed by atoms with Gasteiger partial charge in [0.25, 0.3) is 0 Å². The summed E-state index contributed by atoms with van der Waals surface area (Å²) < 4.78 is 0. The van der Waals surface area contributed by atoms with Crippen LogP contribution in [0.5, 0.6) is 0 Å². The lowest BCUT2D eigenvalue weighted by Gasteiger charge is -2.14. The van der Waals surface area contributed by atoms with Crippen molar-refractivity contribution in [2.24, 2.45) is 16.5 Å². The smallest absolute Gasteiger partial charge is 0.302 e. The van der Waals surface area contributed by atoms with Gasteiger partial charge in [0.15, 0.2) is 28.4 Å². The molecule has 0 saturated heterocycles. The van der Waals surface area contributed by atoms with Crippen LogP contribution < -0.4 is 22.1 Å². The summed E-state index contributed by atoms with van der Waals surface area (Å²) in [6, 6.07) is 0. The zero-order valence-corrected chi connectivity index (χ0v) is 10.1. The van der Waals surface area contributed by atoms with Gasteiger partial charge in [-0.15, -0.1) is 0 Å². The van der Waals surface area contributed by atoms with Crippen molar-refractivity contribution in [1.82, 2.24) is 9.97 Å². The maximum atomic E-state index is 11.7. The van der Waals surface area contributed by atoms with Crippen LogP contribution in [-0.2, 0) is 0 Å². The highest BCUT2D eigenvalue weighted by molar-refractivity contribution is 6.31. The van der Waals surface area contributed by atoms with Crippen LogP contribution in [0.3, 0.4) is 0 Å². The van der Waals surface area contributed by atoms with Crippen molar-refractivity contribution >= 4 is 35.1 Å². The highest BCUT2D eigenvalue weighted by Gasteiger charge is 2.18. The molecule has 6 N–H and O–H groups in total. The SMILES string of the molecule is CN(C)c1nc(N)c(Cl)nc1C(=O)N=C(N)N. The molecule has 0 radical (unpaired) electrons. The van der Waals surface area contributed by atoms with Crippen molar-refractivity contribution in [3.8, 4) is 0 Å². The van der Waals surface area contributed by atoms with E-state index in [1.165, 1.54) is 0 Å². The van der Waals surface area contributed by atoms with E-state index in [9.17, 15) is 4.79 Å². The number of amides is 1. The molecule has 0 bridgehead atoms. The lowest BCUT2D eigenvalue weighted by atomic mass is 10.3. The van der Waals surface area contributed by atoms with E-state index in [4.69, 9.17) is 28.8 Å². The van der Waals surface area contributed by atoms with E-state index in [1.807, 2.05) is 0 Å². The van der Waals surface area contributed by atoms with Gasteiger partial charge in [0.2, 0.25) is 0 Å². The average Bonchev–Trinajstić information content (AvgIpc) is 2.19. The highest BCUT2D eigenvalue weighted by Crippen LogP contribution is 2.21. The third-order valence-electron chi connectivity index (χ3n) is 1.72. The number of rotatable bonds is 2. The van der Waals surface area contributed by atoms with Crippen LogP contribution in [0, 0.1) is 0 Å². The van der Waals surface area contributed by atoms with Gasteiger partial charge in [-0.2, -0.15) is 4.99 Å². The van der Waals surface area contributed by atoms with E-state index in [1.54, 1.807) is 19.0 Å². The van der Waals surface area contributed by atoms with E-state index < -0.39 is 5.91 Å². The Morgan fingerprint density at radius 2 is 1.94 bits per heavy atom. The molecule has 0 atom stereocenters. The zero-order chi connectivity index (χ0) is 13.2. The maximum absolute atomic E-state index is 11.7. The molecule has 0 fully saturated rings. The van der Waals surface area contributed by atoms with Crippen LogP contribution in [0.4, 0.5) is 11.6 Å². The molecule has 0 aliphatic carbocycles. The maximum Gasteiger partial charge on any atom is 0.302 e. The number of nitrogens with zero attached hydrogens (tertiary/aromatic N) is 4. The van der Waals surface area contributed by atoms with Crippen LogP contribution in [0.25, 0.3) is 0 Å². The minimum absolute atomic E-state index is 0.0246. The van der Waals surface area contributed by atoms with Crippen molar-refractivity contribution in [1.29, 1.82) is 0 Å². The summed E-state index contributed by atoms with van der Waals surface area (Å²) in [5.41, 5.74) is 15.7. The summed E-state index contributed by atoms with van der Waals surface area (Å²) in [6.07, 6.45) is 0. The molecule has 0 aromatic carbocycles. The standard InChI is InChI=1S/C8H12ClN7O/c1-16(2)6-3(7(17)15-8(11)12)13-4(9)5(10)14-6/h1-2H3,(H2,10,14)(H4,11,12,15,17). The van der Waals surface area contributed by atoms with Crippen LogP contribution in [0.1, 0.15) is 10.5 Å². The predicted octanol–water partition coefficient (Wildman–Crippen LogP) is -0.808. The van der Waals surface area contributed by atoms with Crippen molar-refractivity contribution in [2.45, 2.75) is 0 Å². The largest absolute Gasteiger partial charge is 0.381 e. The molecule has 8 nitrogen and oxygen atoms in total. The monoisotopic (exact) mass is 257 g/mol. The molecule has 92 valence electrons. The van der Waals surface area contributed by atoms with Gasteiger partial charge >= 0.3 is 5.91 Å². The normalized spacial score (nSPS) is 9.82. The summed E-state index contributed by atoms with van der Waals surface area (Å²) in [5, 5.41) is -0.0789. The number of nitrogen functional groups attached to an aromatic ring is 1. The Bertz CT molecular complexity index is 481. The first-order valence-electron chi connectivity index (χ1n) is 4.47. The second-order valence-corrected chi connectivity index (χ2v) is 3.67. The minimum atomic E-state index is -0.733. The number of hydrogen-bond donors (Lipinski definition) is 3. The summed E-state index contributed by atoms with van der Waals surface area (Å²) in [5.74, 6) is -0.837. The van der Waals surface area contributed by atoms with Gasteiger partial charge in [-0.1, -0.05) is 11.6 Å². The number of carbonyl (C=O) groups is 1. The van der Waals surface area contributed by atoms with Gasteiger partial charge in [-0.05, 0) is 0 Å². The molecule has 0 saturated carbocycles.